The third-order valence-corrected chi connectivity index (χ3v) is 5.59. The van der Waals surface area contributed by atoms with Gasteiger partial charge >= 0.3 is 0 Å². The zero-order chi connectivity index (χ0) is 20.5. The number of benzene rings is 1. The van der Waals surface area contributed by atoms with Gasteiger partial charge in [0.25, 0.3) is 5.91 Å². The van der Waals surface area contributed by atoms with Gasteiger partial charge in [-0.3, -0.25) is 4.79 Å². The van der Waals surface area contributed by atoms with E-state index in [9.17, 15) is 4.79 Å². The lowest BCUT2D eigenvalue weighted by Gasteiger charge is -2.16. The van der Waals surface area contributed by atoms with Gasteiger partial charge in [0.05, 0.1) is 23.5 Å². The fraction of sp³-hybridized carbons (Fsp3) is 0.273. The highest BCUT2D eigenvalue weighted by Gasteiger charge is 2.20. The molecule has 8 heteroatoms. The molecular weight excluding hydrogens is 402 g/mol. The van der Waals surface area contributed by atoms with Gasteiger partial charge in [-0.1, -0.05) is 17.7 Å². The van der Waals surface area contributed by atoms with E-state index >= 15 is 0 Å². The molecular formula is C22H20ClN5O2. The van der Waals surface area contributed by atoms with Crippen LogP contribution in [-0.2, 0) is 6.42 Å². The summed E-state index contributed by atoms with van der Waals surface area (Å²) in [5, 5.41) is 3.02. The summed E-state index contributed by atoms with van der Waals surface area (Å²) in [6, 6.07) is 11.5. The molecule has 2 aliphatic rings. The molecule has 0 spiro atoms. The van der Waals surface area contributed by atoms with Crippen LogP contribution in [0.5, 0.6) is 5.75 Å². The van der Waals surface area contributed by atoms with Crippen LogP contribution in [0.3, 0.4) is 0 Å². The quantitative estimate of drug-likeness (QED) is 0.686. The van der Waals surface area contributed by atoms with Crippen LogP contribution in [0.15, 0.2) is 42.6 Å². The van der Waals surface area contributed by atoms with Gasteiger partial charge in [-0.2, -0.15) is 0 Å². The summed E-state index contributed by atoms with van der Waals surface area (Å²) in [6.07, 6.45) is 4.57. The second-order valence-corrected chi connectivity index (χ2v) is 7.75. The van der Waals surface area contributed by atoms with Crippen LogP contribution in [0, 0.1) is 0 Å². The van der Waals surface area contributed by atoms with Crippen molar-refractivity contribution in [2.24, 2.45) is 0 Å². The summed E-state index contributed by atoms with van der Waals surface area (Å²) in [4.78, 5) is 28.2. The molecule has 0 bridgehead atoms. The van der Waals surface area contributed by atoms with Crippen molar-refractivity contribution in [1.82, 2.24) is 15.0 Å². The second kappa shape index (κ2) is 7.91. The second-order valence-electron chi connectivity index (χ2n) is 7.34. The number of amides is 1. The number of nitrogens with zero attached hydrogens (tertiary/aromatic N) is 4. The molecule has 2 aromatic heterocycles. The molecule has 0 radical (unpaired) electrons. The first-order valence-electron chi connectivity index (χ1n) is 9.99. The van der Waals surface area contributed by atoms with Crippen molar-refractivity contribution in [2.45, 2.75) is 19.3 Å². The highest BCUT2D eigenvalue weighted by molar-refractivity contribution is 6.34. The maximum absolute atomic E-state index is 12.8. The number of nitrogens with one attached hydrogen (secondary N) is 1. The van der Waals surface area contributed by atoms with Gasteiger partial charge in [-0.15, -0.1) is 0 Å². The topological polar surface area (TPSA) is 80.2 Å². The lowest BCUT2D eigenvalue weighted by atomic mass is 10.1. The lowest BCUT2D eigenvalue weighted by Crippen LogP contribution is -2.23. The van der Waals surface area contributed by atoms with Gasteiger partial charge in [-0.25, -0.2) is 15.0 Å². The number of pyridine rings is 1. The summed E-state index contributed by atoms with van der Waals surface area (Å²) in [7, 11) is 0. The van der Waals surface area contributed by atoms with E-state index in [1.165, 1.54) is 11.8 Å². The maximum Gasteiger partial charge on any atom is 0.277 e. The Morgan fingerprint density at radius 1 is 1.13 bits per heavy atom. The minimum Gasteiger partial charge on any atom is -0.493 e. The molecule has 0 atom stereocenters. The SMILES string of the molecule is O=C(Nc1cccc(-c2ccc3c(c2)CCO3)n1)c1nc(N2CCCC2)ncc1Cl. The van der Waals surface area contributed by atoms with E-state index in [1.807, 2.05) is 24.3 Å². The number of rotatable bonds is 4. The largest absolute Gasteiger partial charge is 0.493 e. The first-order chi connectivity index (χ1) is 14.7. The third-order valence-electron chi connectivity index (χ3n) is 5.31. The molecule has 7 nitrogen and oxygen atoms in total. The fourth-order valence-electron chi connectivity index (χ4n) is 3.77. The van der Waals surface area contributed by atoms with Crippen LogP contribution in [0.2, 0.25) is 5.02 Å². The number of fused-ring (bicyclic) bond motifs is 1. The number of aromatic nitrogens is 3. The van der Waals surface area contributed by atoms with Gasteiger partial charge in [0.1, 0.15) is 11.6 Å². The molecule has 1 aromatic carbocycles. The Kier molecular flexibility index (Phi) is 4.96. The molecule has 1 N–H and O–H groups in total. The van der Waals surface area contributed by atoms with Gasteiger partial charge in [-0.05, 0) is 48.7 Å². The summed E-state index contributed by atoms with van der Waals surface area (Å²) >= 11 is 6.21. The van der Waals surface area contributed by atoms with Gasteiger partial charge in [0.2, 0.25) is 5.95 Å². The molecule has 30 heavy (non-hydrogen) atoms. The predicted octanol–water partition coefficient (Wildman–Crippen LogP) is 3.98. The summed E-state index contributed by atoms with van der Waals surface area (Å²) < 4.78 is 5.57. The number of anilines is 2. The molecule has 1 fully saturated rings. The maximum atomic E-state index is 12.8. The van der Waals surface area contributed by atoms with Crippen LogP contribution in [0.25, 0.3) is 11.3 Å². The highest BCUT2D eigenvalue weighted by atomic mass is 35.5. The van der Waals surface area contributed by atoms with E-state index in [0.717, 1.165) is 49.4 Å². The van der Waals surface area contributed by atoms with Gasteiger partial charge in [0.15, 0.2) is 5.69 Å². The zero-order valence-electron chi connectivity index (χ0n) is 16.3. The number of carbonyl (C=O) groups excluding carboxylic acids is 1. The molecule has 152 valence electrons. The first kappa shape index (κ1) is 18.8. The van der Waals surface area contributed by atoms with Crippen molar-refractivity contribution in [3.63, 3.8) is 0 Å². The highest BCUT2D eigenvalue weighted by Crippen LogP contribution is 2.30. The van der Waals surface area contributed by atoms with Crippen molar-refractivity contribution in [3.8, 4) is 17.0 Å². The smallest absolute Gasteiger partial charge is 0.277 e. The Labute approximate surface area is 179 Å². The summed E-state index contributed by atoms with van der Waals surface area (Å²) in [5.41, 5.74) is 3.07. The van der Waals surface area contributed by atoms with Crippen LogP contribution in [0.4, 0.5) is 11.8 Å². The Balaban J connectivity index is 1.38. The molecule has 4 heterocycles. The average molecular weight is 422 g/mol. The van der Waals surface area contributed by atoms with Crippen LogP contribution in [-0.4, -0.2) is 40.6 Å². The molecule has 0 aliphatic carbocycles. The van der Waals surface area contributed by atoms with Crippen molar-refractivity contribution < 1.29 is 9.53 Å². The summed E-state index contributed by atoms with van der Waals surface area (Å²) in [6.45, 7) is 2.48. The molecule has 0 unspecified atom stereocenters. The molecule has 0 saturated carbocycles. The molecule has 1 amide bonds. The monoisotopic (exact) mass is 421 g/mol. The van der Waals surface area contributed by atoms with Crippen LogP contribution >= 0.6 is 11.6 Å². The standard InChI is InChI=1S/C22H20ClN5O2/c23-16-13-24-22(28-9-1-2-10-28)27-20(16)21(29)26-19-5-3-4-17(25-19)14-6-7-18-15(12-14)8-11-30-18/h3-7,12-13H,1-2,8-11H2,(H,25,26,29). The minimum atomic E-state index is -0.408. The lowest BCUT2D eigenvalue weighted by molar-refractivity contribution is 0.102. The Bertz CT molecular complexity index is 1110. The third kappa shape index (κ3) is 3.68. The van der Waals surface area contributed by atoms with E-state index in [0.29, 0.717) is 18.4 Å². The summed E-state index contributed by atoms with van der Waals surface area (Å²) in [5.74, 6) is 1.49. The number of hydrogen-bond donors (Lipinski definition) is 1. The van der Waals surface area contributed by atoms with Crippen LogP contribution in [0.1, 0.15) is 28.9 Å². The Morgan fingerprint density at radius 3 is 2.87 bits per heavy atom. The van der Waals surface area contributed by atoms with E-state index < -0.39 is 5.91 Å². The predicted molar refractivity (Wildman–Crippen MR) is 115 cm³/mol. The van der Waals surface area contributed by atoms with E-state index in [2.05, 4.69) is 31.2 Å². The minimum absolute atomic E-state index is 0.149. The van der Waals surface area contributed by atoms with Crippen molar-refractivity contribution >= 4 is 29.3 Å². The first-order valence-corrected chi connectivity index (χ1v) is 10.4. The molecule has 1 saturated heterocycles. The fourth-order valence-corrected chi connectivity index (χ4v) is 3.95. The normalized spacial score (nSPS) is 15.0. The van der Waals surface area contributed by atoms with Crippen LogP contribution < -0.4 is 15.0 Å². The van der Waals surface area contributed by atoms with Gasteiger partial charge < -0.3 is 15.0 Å². The van der Waals surface area contributed by atoms with Crippen molar-refractivity contribution in [3.05, 3.63) is 58.9 Å². The van der Waals surface area contributed by atoms with Crippen molar-refractivity contribution in [2.75, 3.05) is 29.9 Å². The van der Waals surface area contributed by atoms with E-state index in [-0.39, 0.29) is 10.7 Å². The Morgan fingerprint density at radius 2 is 2.00 bits per heavy atom. The molecule has 3 aromatic rings. The average Bonchev–Trinajstić information content (AvgIpc) is 3.46. The number of hydrogen-bond acceptors (Lipinski definition) is 6. The van der Waals surface area contributed by atoms with E-state index in [4.69, 9.17) is 16.3 Å². The Hall–Kier alpha value is -3.19. The molecule has 5 rings (SSSR count). The number of halogens is 1. The number of carbonyl (C=O) groups is 1. The van der Waals surface area contributed by atoms with E-state index in [1.54, 1.807) is 6.07 Å². The molecule has 2 aliphatic heterocycles. The number of ether oxygens (including phenoxy) is 1. The van der Waals surface area contributed by atoms with Crippen molar-refractivity contribution in [1.29, 1.82) is 0 Å². The zero-order valence-corrected chi connectivity index (χ0v) is 17.0. The van der Waals surface area contributed by atoms with Gasteiger partial charge in [0, 0.05) is 25.1 Å².